The lowest BCUT2D eigenvalue weighted by Crippen LogP contribution is -2.42. The van der Waals surface area contributed by atoms with Crippen LogP contribution in [0.4, 0.5) is 5.69 Å². The van der Waals surface area contributed by atoms with Crippen molar-refractivity contribution in [2.24, 2.45) is 0 Å². The minimum Gasteiger partial charge on any atom is -0.419 e. The van der Waals surface area contributed by atoms with Crippen LogP contribution >= 0.6 is 11.3 Å². The van der Waals surface area contributed by atoms with E-state index in [9.17, 15) is 9.59 Å². The molecule has 1 aliphatic rings. The number of benzene rings is 2. The van der Waals surface area contributed by atoms with E-state index in [4.69, 9.17) is 9.47 Å². The van der Waals surface area contributed by atoms with Crippen LogP contribution in [0.25, 0.3) is 20.2 Å². The maximum Gasteiger partial charge on any atom is 0.350 e. The first-order chi connectivity index (χ1) is 11.9. The lowest BCUT2D eigenvalue weighted by atomic mass is 10.1. The van der Waals surface area contributed by atoms with Crippen LogP contribution in [0.3, 0.4) is 0 Å². The number of fused-ring (bicyclic) bond motifs is 3. The van der Waals surface area contributed by atoms with Crippen molar-refractivity contribution < 1.29 is 19.1 Å². The van der Waals surface area contributed by atoms with Crippen LogP contribution in [0.2, 0.25) is 0 Å². The highest BCUT2D eigenvalue weighted by atomic mass is 32.1. The quantitative estimate of drug-likeness (QED) is 0.425. The summed E-state index contributed by atoms with van der Waals surface area (Å²) < 4.78 is 12.5. The average molecular weight is 353 g/mol. The van der Waals surface area contributed by atoms with E-state index in [1.165, 1.54) is 35.5 Å². The Morgan fingerprint density at radius 1 is 0.960 bits per heavy atom. The van der Waals surface area contributed by atoms with Crippen LogP contribution < -0.4 is 5.32 Å². The Labute approximate surface area is 147 Å². The lowest BCUT2D eigenvalue weighted by molar-refractivity contribution is -0.222. The summed E-state index contributed by atoms with van der Waals surface area (Å²) in [5.41, 5.74) is 0.618. The Balaban J connectivity index is 1.64. The maximum atomic E-state index is 11.9. The predicted molar refractivity (Wildman–Crippen MR) is 97.3 cm³/mol. The SMILES string of the molecule is CC1(C)OC(=O)C(=CNc2ccc3c(c2)sc2ccccc23)C(=O)O1. The van der Waals surface area contributed by atoms with Gasteiger partial charge in [0.1, 0.15) is 0 Å². The molecule has 0 saturated carbocycles. The number of carbonyl (C=O) groups is 2. The number of hydrogen-bond acceptors (Lipinski definition) is 6. The summed E-state index contributed by atoms with van der Waals surface area (Å²) in [5, 5.41) is 5.38. The first-order valence-electron chi connectivity index (χ1n) is 7.78. The van der Waals surface area contributed by atoms with Crippen molar-refractivity contribution in [3.05, 3.63) is 54.2 Å². The first kappa shape index (κ1) is 15.7. The van der Waals surface area contributed by atoms with E-state index < -0.39 is 17.7 Å². The molecule has 0 atom stereocenters. The molecule has 1 saturated heterocycles. The van der Waals surface area contributed by atoms with Gasteiger partial charge in [0.05, 0.1) is 0 Å². The third-order valence-electron chi connectivity index (χ3n) is 3.88. The second-order valence-corrected chi connectivity index (χ2v) is 7.27. The molecule has 1 N–H and O–H groups in total. The van der Waals surface area contributed by atoms with Crippen molar-refractivity contribution in [1.82, 2.24) is 0 Å². The minimum absolute atomic E-state index is 0.157. The molecule has 0 spiro atoms. The Bertz CT molecular complexity index is 1030. The van der Waals surface area contributed by atoms with E-state index >= 15 is 0 Å². The zero-order valence-electron chi connectivity index (χ0n) is 13.7. The molecule has 2 aromatic carbocycles. The molecule has 1 aliphatic heterocycles. The highest BCUT2D eigenvalue weighted by Crippen LogP contribution is 2.35. The van der Waals surface area contributed by atoms with Crippen LogP contribution in [0.1, 0.15) is 13.8 Å². The zero-order valence-corrected chi connectivity index (χ0v) is 14.5. The van der Waals surface area contributed by atoms with E-state index in [1.54, 1.807) is 11.3 Å². The largest absolute Gasteiger partial charge is 0.419 e. The predicted octanol–water partition coefficient (Wildman–Crippen LogP) is 4.19. The number of rotatable bonds is 2. The average Bonchev–Trinajstić information content (AvgIpc) is 2.90. The number of cyclic esters (lactones) is 2. The van der Waals surface area contributed by atoms with Crippen LogP contribution in [0, 0.1) is 0 Å². The molecule has 25 heavy (non-hydrogen) atoms. The molecular weight excluding hydrogens is 338 g/mol. The summed E-state index contributed by atoms with van der Waals surface area (Å²) in [5.74, 6) is -2.63. The standard InChI is InChI=1S/C19H15NO4S/c1-19(2)23-17(21)14(18(22)24-19)10-20-11-7-8-13-12-5-3-4-6-15(12)25-16(13)9-11/h3-10,20H,1-2H3. The van der Waals surface area contributed by atoms with Gasteiger partial charge < -0.3 is 14.8 Å². The number of esters is 2. The highest BCUT2D eigenvalue weighted by Gasteiger charge is 2.38. The number of carbonyl (C=O) groups excluding carboxylic acids is 2. The molecule has 2 heterocycles. The van der Waals surface area contributed by atoms with Gasteiger partial charge in [-0.05, 0) is 18.2 Å². The van der Waals surface area contributed by atoms with Crippen LogP contribution in [0.15, 0.2) is 54.2 Å². The van der Waals surface area contributed by atoms with Gasteiger partial charge in [-0.3, -0.25) is 0 Å². The van der Waals surface area contributed by atoms with Gasteiger partial charge in [0.2, 0.25) is 0 Å². The van der Waals surface area contributed by atoms with Gasteiger partial charge in [-0.2, -0.15) is 0 Å². The van der Waals surface area contributed by atoms with Crippen molar-refractivity contribution in [1.29, 1.82) is 0 Å². The number of thiophene rings is 1. The molecule has 126 valence electrons. The fourth-order valence-corrected chi connectivity index (χ4v) is 3.89. The Hall–Kier alpha value is -2.86. The van der Waals surface area contributed by atoms with E-state index in [1.807, 2.05) is 30.3 Å². The summed E-state index contributed by atoms with van der Waals surface area (Å²) >= 11 is 1.69. The molecule has 4 rings (SSSR count). The van der Waals surface area contributed by atoms with Gasteiger partial charge in [-0.1, -0.05) is 24.3 Å². The van der Waals surface area contributed by atoms with Crippen molar-refractivity contribution in [2.45, 2.75) is 19.6 Å². The second-order valence-electron chi connectivity index (χ2n) is 6.19. The van der Waals surface area contributed by atoms with Gasteiger partial charge in [-0.25, -0.2) is 9.59 Å². The van der Waals surface area contributed by atoms with Gasteiger partial charge in [0.15, 0.2) is 5.57 Å². The summed E-state index contributed by atoms with van der Waals surface area (Å²) in [6, 6.07) is 14.1. The van der Waals surface area contributed by atoms with Crippen LogP contribution in [-0.4, -0.2) is 17.7 Å². The monoisotopic (exact) mass is 353 g/mol. The molecule has 0 unspecified atom stereocenters. The Morgan fingerprint density at radius 2 is 1.64 bits per heavy atom. The minimum atomic E-state index is -1.23. The Morgan fingerprint density at radius 3 is 2.40 bits per heavy atom. The maximum absolute atomic E-state index is 11.9. The van der Waals surface area contributed by atoms with Crippen LogP contribution in [-0.2, 0) is 19.1 Å². The van der Waals surface area contributed by atoms with Crippen molar-refractivity contribution in [3.8, 4) is 0 Å². The second kappa shape index (κ2) is 5.60. The number of hydrogen-bond donors (Lipinski definition) is 1. The third kappa shape index (κ3) is 2.85. The molecule has 0 aliphatic carbocycles. The van der Waals surface area contributed by atoms with Gasteiger partial charge in [0.25, 0.3) is 5.79 Å². The van der Waals surface area contributed by atoms with E-state index in [2.05, 4.69) is 17.4 Å². The summed E-state index contributed by atoms with van der Waals surface area (Å²) in [4.78, 5) is 23.9. The van der Waals surface area contributed by atoms with E-state index in [0.29, 0.717) is 0 Å². The fourth-order valence-electron chi connectivity index (χ4n) is 2.75. The summed E-state index contributed by atoms with van der Waals surface area (Å²) in [6.07, 6.45) is 1.33. The number of ether oxygens (including phenoxy) is 2. The summed E-state index contributed by atoms with van der Waals surface area (Å²) in [7, 11) is 0. The van der Waals surface area contributed by atoms with Gasteiger partial charge >= 0.3 is 11.9 Å². The van der Waals surface area contributed by atoms with E-state index in [-0.39, 0.29) is 5.57 Å². The van der Waals surface area contributed by atoms with Crippen LogP contribution in [0.5, 0.6) is 0 Å². The molecule has 0 amide bonds. The fraction of sp³-hybridized carbons (Fsp3) is 0.158. The third-order valence-corrected chi connectivity index (χ3v) is 5.01. The van der Waals surface area contributed by atoms with Crippen molar-refractivity contribution >= 4 is 49.1 Å². The molecule has 1 fully saturated rings. The normalized spacial score (nSPS) is 16.6. The number of anilines is 1. The topological polar surface area (TPSA) is 64.6 Å². The highest BCUT2D eigenvalue weighted by molar-refractivity contribution is 7.25. The molecule has 6 heteroatoms. The summed E-state index contributed by atoms with van der Waals surface area (Å²) in [6.45, 7) is 3.03. The molecular formula is C19H15NO4S. The molecule has 1 aromatic heterocycles. The molecule has 0 radical (unpaired) electrons. The van der Waals surface area contributed by atoms with Crippen molar-refractivity contribution in [2.75, 3.05) is 5.32 Å². The van der Waals surface area contributed by atoms with Gasteiger partial charge in [-0.15, -0.1) is 11.3 Å². The molecule has 5 nitrogen and oxygen atoms in total. The molecule has 0 bridgehead atoms. The lowest BCUT2D eigenvalue weighted by Gasteiger charge is -2.29. The number of nitrogens with one attached hydrogen (secondary N) is 1. The Kier molecular flexibility index (Phi) is 3.51. The zero-order chi connectivity index (χ0) is 17.6. The van der Waals surface area contributed by atoms with Gasteiger partial charge in [0, 0.05) is 45.9 Å². The van der Waals surface area contributed by atoms with E-state index in [0.717, 1.165) is 10.4 Å². The smallest absolute Gasteiger partial charge is 0.350 e. The van der Waals surface area contributed by atoms with Crippen molar-refractivity contribution in [3.63, 3.8) is 0 Å². The first-order valence-corrected chi connectivity index (χ1v) is 8.59. The molecule has 3 aromatic rings.